The maximum Gasteiger partial charge on any atom is 0.353 e. The van der Waals surface area contributed by atoms with Gasteiger partial charge < -0.3 is 9.84 Å². The molecule has 2 N–H and O–H groups in total. The predicted octanol–water partition coefficient (Wildman–Crippen LogP) is 1.96. The summed E-state index contributed by atoms with van der Waals surface area (Å²) in [7, 11) is 1.67. The van der Waals surface area contributed by atoms with Crippen LogP contribution in [0.25, 0.3) is 11.3 Å². The minimum absolute atomic E-state index is 0.0912. The number of aromatic carboxylic acids is 1. The summed E-state index contributed by atoms with van der Waals surface area (Å²) in [5.41, 5.74) is 2.79. The van der Waals surface area contributed by atoms with Crippen LogP contribution in [0, 0.1) is 0 Å². The van der Waals surface area contributed by atoms with E-state index in [4.69, 9.17) is 9.84 Å². The highest BCUT2D eigenvalue weighted by molar-refractivity contribution is 5.86. The van der Waals surface area contributed by atoms with Crippen molar-refractivity contribution in [1.82, 2.24) is 10.2 Å². The van der Waals surface area contributed by atoms with Crippen LogP contribution in [0.15, 0.2) is 30.3 Å². The third-order valence-electron chi connectivity index (χ3n) is 2.65. The second-order valence-electron chi connectivity index (χ2n) is 3.91. The molecule has 1 heterocycles. The first kappa shape index (κ1) is 12.3. The van der Waals surface area contributed by atoms with E-state index in [-0.39, 0.29) is 5.69 Å². The maximum absolute atomic E-state index is 10.7. The van der Waals surface area contributed by atoms with Crippen molar-refractivity contribution in [2.24, 2.45) is 0 Å². The Hall–Kier alpha value is -2.14. The summed E-state index contributed by atoms with van der Waals surface area (Å²) in [5.74, 6) is -1.01. The molecule has 0 unspecified atom stereocenters. The Morgan fingerprint density at radius 1 is 1.39 bits per heavy atom. The lowest BCUT2D eigenvalue weighted by molar-refractivity contribution is 0.0690. The molecule has 0 fully saturated rings. The number of benzene rings is 1. The van der Waals surface area contributed by atoms with Gasteiger partial charge in [0.1, 0.15) is 5.69 Å². The minimum atomic E-state index is -1.01. The van der Waals surface area contributed by atoms with Crippen molar-refractivity contribution in [2.75, 3.05) is 13.7 Å². The number of hydrogen-bond acceptors (Lipinski definition) is 3. The molecule has 0 radical (unpaired) electrons. The van der Waals surface area contributed by atoms with Crippen molar-refractivity contribution in [2.45, 2.75) is 6.42 Å². The van der Waals surface area contributed by atoms with Crippen LogP contribution in [0.5, 0.6) is 0 Å². The second kappa shape index (κ2) is 5.46. The molecule has 0 aliphatic carbocycles. The third kappa shape index (κ3) is 2.75. The Morgan fingerprint density at radius 2 is 2.11 bits per heavy atom. The number of H-pyrrole nitrogens is 1. The Kier molecular flexibility index (Phi) is 3.74. The number of rotatable bonds is 5. The summed E-state index contributed by atoms with van der Waals surface area (Å²) < 4.78 is 5.01. The Balaban J connectivity index is 2.15. The summed E-state index contributed by atoms with van der Waals surface area (Å²) in [6, 6.07) is 9.35. The zero-order valence-electron chi connectivity index (χ0n) is 10.0. The van der Waals surface area contributed by atoms with Gasteiger partial charge in [0.25, 0.3) is 0 Å². The van der Waals surface area contributed by atoms with E-state index in [0.29, 0.717) is 12.3 Å². The lowest BCUT2D eigenvalue weighted by Gasteiger charge is -2.01. The molecular formula is C13H14N2O3. The van der Waals surface area contributed by atoms with Gasteiger partial charge >= 0.3 is 5.97 Å². The maximum atomic E-state index is 10.7. The first-order chi connectivity index (χ1) is 8.70. The van der Waals surface area contributed by atoms with Gasteiger partial charge in [-0.15, -0.1) is 0 Å². The molecule has 94 valence electrons. The van der Waals surface area contributed by atoms with Crippen molar-refractivity contribution >= 4 is 5.97 Å². The Morgan fingerprint density at radius 3 is 2.67 bits per heavy atom. The number of methoxy groups -OCH3 is 1. The lowest BCUT2D eigenvalue weighted by atomic mass is 10.1. The van der Waals surface area contributed by atoms with Gasteiger partial charge in [-0.25, -0.2) is 4.79 Å². The highest BCUT2D eigenvalue weighted by Gasteiger charge is 2.08. The van der Waals surface area contributed by atoms with Crippen LogP contribution in [0.2, 0.25) is 0 Å². The third-order valence-corrected chi connectivity index (χ3v) is 2.65. The van der Waals surface area contributed by atoms with Gasteiger partial charge in [0.15, 0.2) is 0 Å². The normalized spacial score (nSPS) is 10.5. The summed E-state index contributed by atoms with van der Waals surface area (Å²) in [6.07, 6.45) is 0.859. The first-order valence-electron chi connectivity index (χ1n) is 5.57. The molecule has 0 bridgehead atoms. The summed E-state index contributed by atoms with van der Waals surface area (Å²) >= 11 is 0. The molecule has 5 heteroatoms. The van der Waals surface area contributed by atoms with Gasteiger partial charge in [0, 0.05) is 12.7 Å². The number of carbonyl (C=O) groups is 1. The molecule has 0 spiro atoms. The predicted molar refractivity (Wildman–Crippen MR) is 66.6 cm³/mol. The average molecular weight is 246 g/mol. The van der Waals surface area contributed by atoms with Crippen LogP contribution in [0.4, 0.5) is 0 Å². The topological polar surface area (TPSA) is 75.2 Å². The zero-order chi connectivity index (χ0) is 13.0. The quantitative estimate of drug-likeness (QED) is 0.845. The molecule has 1 aromatic carbocycles. The number of hydrogen-bond donors (Lipinski definition) is 2. The van der Waals surface area contributed by atoms with E-state index in [1.807, 2.05) is 24.3 Å². The van der Waals surface area contributed by atoms with Crippen LogP contribution in [-0.2, 0) is 11.2 Å². The summed E-state index contributed by atoms with van der Waals surface area (Å²) in [6.45, 7) is 0.685. The van der Waals surface area contributed by atoms with Gasteiger partial charge in [0.2, 0.25) is 0 Å². The molecule has 0 amide bonds. The van der Waals surface area contributed by atoms with Crippen LogP contribution in [-0.4, -0.2) is 35.0 Å². The van der Waals surface area contributed by atoms with Gasteiger partial charge in [-0.3, -0.25) is 5.10 Å². The fourth-order valence-electron chi connectivity index (χ4n) is 1.64. The lowest BCUT2D eigenvalue weighted by Crippen LogP contribution is -1.95. The highest BCUT2D eigenvalue weighted by atomic mass is 16.5. The van der Waals surface area contributed by atoms with E-state index >= 15 is 0 Å². The molecule has 0 atom stereocenters. The fraction of sp³-hybridized carbons (Fsp3) is 0.231. The van der Waals surface area contributed by atoms with Crippen LogP contribution < -0.4 is 0 Å². The number of carboxylic acids is 1. The standard InChI is InChI=1S/C13H14N2O3/c1-18-7-6-9-2-4-10(5-3-9)11-8-12(13(16)17)15-14-11/h2-5,8H,6-7H2,1H3,(H,14,15)(H,16,17). The molecule has 5 nitrogen and oxygen atoms in total. The molecule has 0 aliphatic rings. The highest BCUT2D eigenvalue weighted by Crippen LogP contribution is 2.18. The van der Waals surface area contributed by atoms with Crippen LogP contribution in [0.3, 0.4) is 0 Å². The number of aromatic amines is 1. The largest absolute Gasteiger partial charge is 0.477 e. The van der Waals surface area contributed by atoms with E-state index in [0.717, 1.165) is 12.0 Å². The number of aromatic nitrogens is 2. The van der Waals surface area contributed by atoms with Crippen molar-refractivity contribution < 1.29 is 14.6 Å². The fourth-order valence-corrected chi connectivity index (χ4v) is 1.64. The summed E-state index contributed by atoms with van der Waals surface area (Å²) in [5, 5.41) is 15.3. The van der Waals surface area contributed by atoms with Gasteiger partial charge in [-0.1, -0.05) is 24.3 Å². The van der Waals surface area contributed by atoms with E-state index in [1.165, 1.54) is 11.6 Å². The van der Waals surface area contributed by atoms with Crippen molar-refractivity contribution in [1.29, 1.82) is 0 Å². The van der Waals surface area contributed by atoms with Crippen LogP contribution in [0.1, 0.15) is 16.1 Å². The zero-order valence-corrected chi connectivity index (χ0v) is 10.0. The molecular weight excluding hydrogens is 232 g/mol. The Bertz CT molecular complexity index is 531. The van der Waals surface area contributed by atoms with E-state index in [1.54, 1.807) is 7.11 Å². The van der Waals surface area contributed by atoms with Crippen molar-refractivity contribution in [3.05, 3.63) is 41.6 Å². The molecule has 0 saturated carbocycles. The van der Waals surface area contributed by atoms with Gasteiger partial charge in [-0.05, 0) is 18.1 Å². The number of nitrogens with one attached hydrogen (secondary N) is 1. The smallest absolute Gasteiger partial charge is 0.353 e. The van der Waals surface area contributed by atoms with Crippen molar-refractivity contribution in [3.8, 4) is 11.3 Å². The number of carboxylic acid groups (broad SMARTS) is 1. The van der Waals surface area contributed by atoms with Gasteiger partial charge in [-0.2, -0.15) is 5.10 Å². The number of ether oxygens (including phenoxy) is 1. The Labute approximate surface area is 104 Å². The average Bonchev–Trinajstić information content (AvgIpc) is 2.87. The van der Waals surface area contributed by atoms with E-state index in [9.17, 15) is 4.79 Å². The van der Waals surface area contributed by atoms with E-state index in [2.05, 4.69) is 10.2 Å². The first-order valence-corrected chi connectivity index (χ1v) is 5.57. The molecule has 0 aliphatic heterocycles. The van der Waals surface area contributed by atoms with Crippen molar-refractivity contribution in [3.63, 3.8) is 0 Å². The SMILES string of the molecule is COCCc1ccc(-c2cc(C(=O)O)[nH]n2)cc1. The van der Waals surface area contributed by atoms with Gasteiger partial charge in [0.05, 0.1) is 12.3 Å². The molecule has 2 aromatic rings. The van der Waals surface area contributed by atoms with Crippen LogP contribution >= 0.6 is 0 Å². The minimum Gasteiger partial charge on any atom is -0.477 e. The summed E-state index contributed by atoms with van der Waals surface area (Å²) in [4.78, 5) is 10.7. The molecule has 0 saturated heterocycles. The molecule has 18 heavy (non-hydrogen) atoms. The molecule has 1 aromatic heterocycles. The second-order valence-corrected chi connectivity index (χ2v) is 3.91. The molecule has 2 rings (SSSR count). The van der Waals surface area contributed by atoms with E-state index < -0.39 is 5.97 Å². The monoisotopic (exact) mass is 246 g/mol. The number of nitrogens with zero attached hydrogens (tertiary/aromatic N) is 1.